The van der Waals surface area contributed by atoms with E-state index in [9.17, 15) is 4.79 Å². The molecular formula is C13H20N2O2S2. The van der Waals surface area contributed by atoms with Crippen LogP contribution >= 0.6 is 23.1 Å². The fourth-order valence-electron chi connectivity index (χ4n) is 2.43. The van der Waals surface area contributed by atoms with Gasteiger partial charge in [-0.2, -0.15) is 11.8 Å². The fourth-order valence-corrected chi connectivity index (χ4v) is 4.01. The molecule has 0 atom stereocenters. The molecule has 19 heavy (non-hydrogen) atoms. The van der Waals surface area contributed by atoms with Crippen molar-refractivity contribution in [2.45, 2.75) is 37.4 Å². The highest BCUT2D eigenvalue weighted by atomic mass is 32.2. The van der Waals surface area contributed by atoms with Crippen molar-refractivity contribution in [3.63, 3.8) is 0 Å². The van der Waals surface area contributed by atoms with Gasteiger partial charge in [0.1, 0.15) is 5.00 Å². The molecule has 1 aliphatic rings. The second-order valence-electron chi connectivity index (χ2n) is 4.70. The molecule has 0 spiro atoms. The third-order valence-corrected chi connectivity index (χ3v) is 5.76. The SMILES string of the molecule is CCOC(=O)c1ncsc1NCC1(SC)CCCC1. The van der Waals surface area contributed by atoms with E-state index >= 15 is 0 Å². The number of esters is 1. The van der Waals surface area contributed by atoms with Crippen LogP contribution in [-0.2, 0) is 4.74 Å². The van der Waals surface area contributed by atoms with Gasteiger partial charge in [-0.3, -0.25) is 0 Å². The number of thioether (sulfide) groups is 1. The van der Waals surface area contributed by atoms with Gasteiger partial charge in [-0.1, -0.05) is 12.8 Å². The van der Waals surface area contributed by atoms with Crippen LogP contribution in [-0.4, -0.2) is 35.1 Å². The molecule has 1 saturated carbocycles. The fraction of sp³-hybridized carbons (Fsp3) is 0.692. The minimum absolute atomic E-state index is 0.315. The van der Waals surface area contributed by atoms with Crippen molar-refractivity contribution in [3.05, 3.63) is 11.2 Å². The predicted molar refractivity (Wildman–Crippen MR) is 81.3 cm³/mol. The Kier molecular flexibility index (Phi) is 5.10. The van der Waals surface area contributed by atoms with Gasteiger partial charge in [0.05, 0.1) is 12.1 Å². The molecule has 1 aliphatic carbocycles. The van der Waals surface area contributed by atoms with E-state index in [2.05, 4.69) is 16.6 Å². The second kappa shape index (κ2) is 6.61. The average Bonchev–Trinajstić information content (AvgIpc) is 3.06. The predicted octanol–water partition coefficient (Wildman–Crippen LogP) is 3.41. The molecule has 0 saturated heterocycles. The number of nitrogens with one attached hydrogen (secondary N) is 1. The highest BCUT2D eigenvalue weighted by molar-refractivity contribution is 8.00. The third-order valence-electron chi connectivity index (χ3n) is 3.56. The third kappa shape index (κ3) is 3.42. The summed E-state index contributed by atoms with van der Waals surface area (Å²) in [5.41, 5.74) is 2.11. The molecule has 0 radical (unpaired) electrons. The first kappa shape index (κ1) is 14.7. The van der Waals surface area contributed by atoms with E-state index in [1.807, 2.05) is 11.8 Å². The van der Waals surface area contributed by atoms with Gasteiger partial charge in [0.15, 0.2) is 5.69 Å². The normalized spacial score (nSPS) is 17.4. The van der Waals surface area contributed by atoms with Gasteiger partial charge in [0, 0.05) is 11.3 Å². The van der Waals surface area contributed by atoms with Crippen molar-refractivity contribution in [3.8, 4) is 0 Å². The molecule has 1 heterocycles. The van der Waals surface area contributed by atoms with Crippen molar-refractivity contribution in [1.29, 1.82) is 0 Å². The van der Waals surface area contributed by atoms with Gasteiger partial charge in [-0.25, -0.2) is 9.78 Å². The molecule has 0 bridgehead atoms. The van der Waals surface area contributed by atoms with E-state index in [-0.39, 0.29) is 5.97 Å². The number of aromatic nitrogens is 1. The molecule has 1 fully saturated rings. The number of carbonyl (C=O) groups excluding carboxylic acids is 1. The molecule has 2 rings (SSSR count). The summed E-state index contributed by atoms with van der Waals surface area (Å²) in [4.78, 5) is 15.9. The van der Waals surface area contributed by atoms with Crippen molar-refractivity contribution >= 4 is 34.1 Å². The maximum absolute atomic E-state index is 11.7. The second-order valence-corrected chi connectivity index (χ2v) is 6.83. The van der Waals surface area contributed by atoms with E-state index < -0.39 is 0 Å². The maximum atomic E-state index is 11.7. The number of thiazole rings is 1. The topological polar surface area (TPSA) is 51.2 Å². The minimum Gasteiger partial charge on any atom is -0.461 e. The summed E-state index contributed by atoms with van der Waals surface area (Å²) >= 11 is 3.40. The molecule has 6 heteroatoms. The van der Waals surface area contributed by atoms with Crippen LogP contribution in [0.3, 0.4) is 0 Å². The Labute approximate surface area is 122 Å². The lowest BCUT2D eigenvalue weighted by atomic mass is 10.1. The van der Waals surface area contributed by atoms with Crippen molar-refractivity contribution in [2.75, 3.05) is 24.7 Å². The lowest BCUT2D eigenvalue weighted by Gasteiger charge is -2.27. The zero-order valence-corrected chi connectivity index (χ0v) is 13.0. The summed E-state index contributed by atoms with van der Waals surface area (Å²) in [6.07, 6.45) is 7.27. The van der Waals surface area contributed by atoms with Crippen molar-refractivity contribution < 1.29 is 9.53 Å². The standard InChI is InChI=1S/C13H20N2O2S2/c1-3-17-12(16)10-11(19-9-15-10)14-8-13(18-2)6-4-5-7-13/h9,14H,3-8H2,1-2H3. The van der Waals surface area contributed by atoms with Gasteiger partial charge in [-0.05, 0) is 26.0 Å². The summed E-state index contributed by atoms with van der Waals surface area (Å²) in [6, 6.07) is 0. The maximum Gasteiger partial charge on any atom is 0.360 e. The van der Waals surface area contributed by atoms with Crippen LogP contribution in [0.15, 0.2) is 5.51 Å². The van der Waals surface area contributed by atoms with Crippen molar-refractivity contribution in [2.24, 2.45) is 0 Å². The van der Waals surface area contributed by atoms with Gasteiger partial charge in [0.25, 0.3) is 0 Å². The summed E-state index contributed by atoms with van der Waals surface area (Å²) in [7, 11) is 0. The van der Waals surface area contributed by atoms with Crippen LogP contribution in [0, 0.1) is 0 Å². The van der Waals surface area contributed by atoms with Gasteiger partial charge in [-0.15, -0.1) is 11.3 Å². The Hall–Kier alpha value is -0.750. The van der Waals surface area contributed by atoms with Gasteiger partial charge >= 0.3 is 5.97 Å². The molecule has 4 nitrogen and oxygen atoms in total. The molecule has 1 aromatic heterocycles. The number of ether oxygens (including phenoxy) is 1. The number of anilines is 1. The zero-order chi connectivity index (χ0) is 13.7. The highest BCUT2D eigenvalue weighted by Crippen LogP contribution is 2.40. The molecule has 1 aromatic rings. The Bertz CT molecular complexity index is 428. The van der Waals surface area contributed by atoms with Crippen LogP contribution in [0.1, 0.15) is 43.1 Å². The molecule has 0 unspecified atom stereocenters. The van der Waals surface area contributed by atoms with Gasteiger partial charge in [0.2, 0.25) is 0 Å². The Morgan fingerprint density at radius 1 is 1.58 bits per heavy atom. The molecule has 0 aliphatic heterocycles. The molecular weight excluding hydrogens is 280 g/mol. The number of hydrogen-bond acceptors (Lipinski definition) is 6. The number of carbonyl (C=O) groups is 1. The molecule has 0 amide bonds. The number of nitrogens with zero attached hydrogens (tertiary/aromatic N) is 1. The smallest absolute Gasteiger partial charge is 0.360 e. The lowest BCUT2D eigenvalue weighted by Crippen LogP contribution is -2.30. The van der Waals surface area contributed by atoms with E-state index in [0.717, 1.165) is 11.5 Å². The molecule has 1 N–H and O–H groups in total. The monoisotopic (exact) mass is 300 g/mol. The Morgan fingerprint density at radius 3 is 2.95 bits per heavy atom. The first-order valence-electron chi connectivity index (χ1n) is 6.60. The molecule has 106 valence electrons. The Morgan fingerprint density at radius 2 is 2.32 bits per heavy atom. The first-order chi connectivity index (χ1) is 9.21. The summed E-state index contributed by atoms with van der Waals surface area (Å²) in [6.45, 7) is 3.08. The molecule has 0 aromatic carbocycles. The van der Waals surface area contributed by atoms with E-state index in [1.54, 1.807) is 12.4 Å². The van der Waals surface area contributed by atoms with Crippen LogP contribution in [0.4, 0.5) is 5.00 Å². The Balaban J connectivity index is 2.00. The van der Waals surface area contributed by atoms with E-state index in [4.69, 9.17) is 4.74 Å². The summed E-state index contributed by atoms with van der Waals surface area (Å²) in [5, 5.41) is 4.23. The summed E-state index contributed by atoms with van der Waals surface area (Å²) < 4.78 is 5.33. The van der Waals surface area contributed by atoms with Crippen LogP contribution in [0.25, 0.3) is 0 Å². The number of rotatable bonds is 6. The van der Waals surface area contributed by atoms with Crippen molar-refractivity contribution in [1.82, 2.24) is 4.98 Å². The zero-order valence-electron chi connectivity index (χ0n) is 11.4. The van der Waals surface area contributed by atoms with E-state index in [1.165, 1.54) is 37.0 Å². The first-order valence-corrected chi connectivity index (χ1v) is 8.71. The largest absolute Gasteiger partial charge is 0.461 e. The average molecular weight is 300 g/mol. The van der Waals surface area contributed by atoms with Gasteiger partial charge < -0.3 is 10.1 Å². The minimum atomic E-state index is -0.337. The number of hydrogen-bond donors (Lipinski definition) is 1. The van der Waals surface area contributed by atoms with E-state index in [0.29, 0.717) is 17.0 Å². The quantitative estimate of drug-likeness (QED) is 0.816. The van der Waals surface area contributed by atoms with Crippen LogP contribution < -0.4 is 5.32 Å². The lowest BCUT2D eigenvalue weighted by molar-refractivity contribution is 0.0521. The highest BCUT2D eigenvalue weighted by Gasteiger charge is 2.33. The van der Waals surface area contributed by atoms with Crippen LogP contribution in [0.2, 0.25) is 0 Å². The van der Waals surface area contributed by atoms with Crippen LogP contribution in [0.5, 0.6) is 0 Å². The summed E-state index contributed by atoms with van der Waals surface area (Å²) in [5.74, 6) is -0.337.